The first kappa shape index (κ1) is 12.0. The van der Waals surface area contributed by atoms with Crippen LogP contribution in [-0.4, -0.2) is 16.1 Å². The average Bonchev–Trinajstić information content (AvgIpc) is 2.84. The Morgan fingerprint density at radius 1 is 1.39 bits per heavy atom. The zero-order valence-electron chi connectivity index (χ0n) is 9.21. The van der Waals surface area contributed by atoms with Gasteiger partial charge >= 0.3 is 0 Å². The van der Waals surface area contributed by atoms with E-state index in [2.05, 4.69) is 15.5 Å². The number of nitrogens with one attached hydrogen (secondary N) is 2. The van der Waals surface area contributed by atoms with E-state index in [-0.39, 0.29) is 17.8 Å². The predicted octanol–water partition coefficient (Wildman–Crippen LogP) is 1.20. The van der Waals surface area contributed by atoms with Crippen molar-refractivity contribution in [2.45, 2.75) is 6.54 Å². The molecule has 0 bridgehead atoms. The lowest BCUT2D eigenvalue weighted by Crippen LogP contribution is -2.24. The molecule has 1 heterocycles. The molecule has 0 aliphatic rings. The van der Waals surface area contributed by atoms with Gasteiger partial charge in [0.25, 0.3) is 5.91 Å². The number of H-pyrrole nitrogens is 1. The number of amides is 1. The van der Waals surface area contributed by atoms with Crippen LogP contribution < -0.4 is 11.1 Å². The van der Waals surface area contributed by atoms with Gasteiger partial charge in [0.2, 0.25) is 0 Å². The van der Waals surface area contributed by atoms with E-state index in [9.17, 15) is 13.6 Å². The van der Waals surface area contributed by atoms with Crippen molar-refractivity contribution in [2.75, 3.05) is 5.73 Å². The molecule has 0 saturated heterocycles. The predicted molar refractivity (Wildman–Crippen MR) is 60.5 cm³/mol. The van der Waals surface area contributed by atoms with Crippen LogP contribution in [0.2, 0.25) is 0 Å². The largest absolute Gasteiger partial charge is 0.398 e. The normalized spacial score (nSPS) is 10.3. The van der Waals surface area contributed by atoms with Gasteiger partial charge in [-0.05, 0) is 12.1 Å². The first-order valence-corrected chi connectivity index (χ1v) is 5.09. The minimum Gasteiger partial charge on any atom is -0.398 e. The van der Waals surface area contributed by atoms with Gasteiger partial charge in [0.15, 0.2) is 11.6 Å². The zero-order chi connectivity index (χ0) is 13.1. The van der Waals surface area contributed by atoms with Crippen LogP contribution in [0, 0.1) is 11.6 Å². The van der Waals surface area contributed by atoms with E-state index in [0.717, 1.165) is 12.1 Å². The quantitative estimate of drug-likeness (QED) is 0.718. The number of benzene rings is 1. The molecule has 0 unspecified atom stereocenters. The molecule has 1 amide bonds. The molecule has 0 saturated carbocycles. The van der Waals surface area contributed by atoms with E-state index < -0.39 is 17.5 Å². The topological polar surface area (TPSA) is 83.8 Å². The number of hydrogen-bond donors (Lipinski definition) is 3. The highest BCUT2D eigenvalue weighted by molar-refractivity contribution is 5.99. The SMILES string of the molecule is Nc1cc(F)c(F)cc1C(=O)NCc1ccn[nH]1. The molecule has 0 aliphatic heterocycles. The number of anilines is 1. The maximum Gasteiger partial charge on any atom is 0.253 e. The fraction of sp³-hybridized carbons (Fsp3) is 0.0909. The summed E-state index contributed by atoms with van der Waals surface area (Å²) < 4.78 is 25.8. The first-order valence-electron chi connectivity index (χ1n) is 5.09. The summed E-state index contributed by atoms with van der Waals surface area (Å²) in [4.78, 5) is 11.7. The Labute approximate surface area is 101 Å². The smallest absolute Gasteiger partial charge is 0.253 e. The van der Waals surface area contributed by atoms with Crippen LogP contribution in [0.25, 0.3) is 0 Å². The molecule has 0 fully saturated rings. The Bertz CT molecular complexity index is 569. The van der Waals surface area contributed by atoms with Crippen molar-refractivity contribution in [3.8, 4) is 0 Å². The molecule has 0 radical (unpaired) electrons. The van der Waals surface area contributed by atoms with E-state index in [1.54, 1.807) is 6.07 Å². The molecule has 1 aromatic heterocycles. The fourth-order valence-electron chi connectivity index (χ4n) is 1.41. The van der Waals surface area contributed by atoms with Gasteiger partial charge in [-0.3, -0.25) is 9.89 Å². The second-order valence-corrected chi connectivity index (χ2v) is 3.62. The van der Waals surface area contributed by atoms with Gasteiger partial charge in [0.1, 0.15) is 0 Å². The second kappa shape index (κ2) is 4.82. The summed E-state index contributed by atoms with van der Waals surface area (Å²) in [7, 11) is 0. The number of hydrogen-bond acceptors (Lipinski definition) is 3. The number of rotatable bonds is 3. The maximum absolute atomic E-state index is 13.0. The molecular formula is C11H10F2N4O. The van der Waals surface area contributed by atoms with Gasteiger partial charge in [-0.2, -0.15) is 5.10 Å². The van der Waals surface area contributed by atoms with Crippen molar-refractivity contribution in [1.29, 1.82) is 0 Å². The summed E-state index contributed by atoms with van der Waals surface area (Å²) in [5.74, 6) is -2.78. The molecule has 0 spiro atoms. The molecule has 0 atom stereocenters. The van der Waals surface area contributed by atoms with Gasteiger partial charge in [0, 0.05) is 18.0 Å². The van der Waals surface area contributed by atoms with E-state index >= 15 is 0 Å². The third-order valence-corrected chi connectivity index (χ3v) is 2.33. The van der Waals surface area contributed by atoms with E-state index in [1.165, 1.54) is 6.20 Å². The third-order valence-electron chi connectivity index (χ3n) is 2.33. The minimum absolute atomic E-state index is 0.103. The van der Waals surface area contributed by atoms with E-state index in [4.69, 9.17) is 5.73 Å². The molecule has 2 rings (SSSR count). The minimum atomic E-state index is -1.11. The van der Waals surface area contributed by atoms with Crippen molar-refractivity contribution >= 4 is 11.6 Å². The molecule has 5 nitrogen and oxygen atoms in total. The monoisotopic (exact) mass is 252 g/mol. The maximum atomic E-state index is 13.0. The standard InChI is InChI=1S/C11H10F2N4O/c12-8-3-7(10(14)4-9(8)13)11(18)15-5-6-1-2-16-17-6/h1-4H,5,14H2,(H,15,18)(H,16,17). The van der Waals surface area contributed by atoms with Crippen LogP contribution in [-0.2, 0) is 6.54 Å². The Kier molecular flexibility index (Phi) is 3.22. The van der Waals surface area contributed by atoms with Crippen LogP contribution in [0.5, 0.6) is 0 Å². The summed E-state index contributed by atoms with van der Waals surface area (Å²) in [6.07, 6.45) is 1.54. The van der Waals surface area contributed by atoms with E-state index in [0.29, 0.717) is 5.69 Å². The van der Waals surface area contributed by atoms with Crippen LogP contribution in [0.3, 0.4) is 0 Å². The molecule has 4 N–H and O–H groups in total. The van der Waals surface area contributed by atoms with Crippen LogP contribution in [0.4, 0.5) is 14.5 Å². The highest BCUT2D eigenvalue weighted by atomic mass is 19.2. The summed E-state index contributed by atoms with van der Waals surface area (Å²) in [5, 5.41) is 8.86. The Morgan fingerprint density at radius 3 is 2.78 bits per heavy atom. The lowest BCUT2D eigenvalue weighted by Gasteiger charge is -2.07. The van der Waals surface area contributed by atoms with Crippen molar-refractivity contribution in [3.05, 3.63) is 47.3 Å². The summed E-state index contributed by atoms with van der Waals surface area (Å²) in [6.45, 7) is 0.192. The lowest BCUT2D eigenvalue weighted by atomic mass is 10.1. The van der Waals surface area contributed by atoms with E-state index in [1.807, 2.05) is 0 Å². The molecule has 1 aromatic carbocycles. The van der Waals surface area contributed by atoms with Gasteiger partial charge in [0.05, 0.1) is 17.8 Å². The van der Waals surface area contributed by atoms with Crippen molar-refractivity contribution in [3.63, 3.8) is 0 Å². The molecule has 0 aliphatic carbocycles. The number of carbonyl (C=O) groups excluding carboxylic acids is 1. The Balaban J connectivity index is 2.11. The third kappa shape index (κ3) is 2.45. The highest BCUT2D eigenvalue weighted by Gasteiger charge is 2.14. The van der Waals surface area contributed by atoms with Crippen molar-refractivity contribution in [2.24, 2.45) is 0 Å². The van der Waals surface area contributed by atoms with Crippen LogP contribution in [0.15, 0.2) is 24.4 Å². The average molecular weight is 252 g/mol. The van der Waals surface area contributed by atoms with Crippen molar-refractivity contribution in [1.82, 2.24) is 15.5 Å². The van der Waals surface area contributed by atoms with Crippen LogP contribution in [0.1, 0.15) is 16.1 Å². The highest BCUT2D eigenvalue weighted by Crippen LogP contribution is 2.16. The molecule has 7 heteroatoms. The van der Waals surface area contributed by atoms with Crippen molar-refractivity contribution < 1.29 is 13.6 Å². The number of nitrogens with zero attached hydrogens (tertiary/aromatic N) is 1. The van der Waals surface area contributed by atoms with Crippen LogP contribution >= 0.6 is 0 Å². The van der Waals surface area contributed by atoms with Gasteiger partial charge < -0.3 is 11.1 Å². The first-order chi connectivity index (χ1) is 8.58. The summed E-state index contributed by atoms with van der Waals surface area (Å²) in [6, 6.07) is 3.22. The number of carbonyl (C=O) groups is 1. The molecular weight excluding hydrogens is 242 g/mol. The number of aromatic amines is 1. The number of aromatic nitrogens is 2. The lowest BCUT2D eigenvalue weighted by molar-refractivity contribution is 0.0951. The zero-order valence-corrected chi connectivity index (χ0v) is 9.21. The second-order valence-electron chi connectivity index (χ2n) is 3.62. The Morgan fingerprint density at radius 2 is 2.11 bits per heavy atom. The number of halogens is 2. The fourth-order valence-corrected chi connectivity index (χ4v) is 1.41. The number of nitrogens with two attached hydrogens (primary N) is 1. The number of nitrogen functional groups attached to an aromatic ring is 1. The molecule has 94 valence electrons. The van der Waals surface area contributed by atoms with Gasteiger partial charge in [-0.25, -0.2) is 8.78 Å². The molecule has 18 heavy (non-hydrogen) atoms. The Hall–Kier alpha value is -2.44. The summed E-state index contributed by atoms with van der Waals surface area (Å²) >= 11 is 0. The summed E-state index contributed by atoms with van der Waals surface area (Å²) in [5.41, 5.74) is 5.92. The van der Waals surface area contributed by atoms with Gasteiger partial charge in [-0.1, -0.05) is 0 Å². The van der Waals surface area contributed by atoms with Gasteiger partial charge in [-0.15, -0.1) is 0 Å². The molecule has 2 aromatic rings.